The van der Waals surface area contributed by atoms with E-state index in [1.807, 2.05) is 24.3 Å². The molecule has 4 nitrogen and oxygen atoms in total. The van der Waals surface area contributed by atoms with Crippen molar-refractivity contribution in [2.24, 2.45) is 0 Å². The minimum atomic E-state index is -3.43. The normalized spacial score (nSPS) is 13.8. The number of hydrogen-bond acceptors (Lipinski definition) is 4. The van der Waals surface area contributed by atoms with E-state index in [1.165, 1.54) is 0 Å². The first-order chi connectivity index (χ1) is 13.1. The Labute approximate surface area is 185 Å². The summed E-state index contributed by atoms with van der Waals surface area (Å²) in [6.45, 7) is 33.1. The molecule has 0 saturated carbocycles. The van der Waals surface area contributed by atoms with Gasteiger partial charge in [0.05, 0.1) is 0 Å². The Kier molecular flexibility index (Phi) is 11.4. The highest BCUT2D eigenvalue weighted by molar-refractivity contribution is 6.92. The summed E-state index contributed by atoms with van der Waals surface area (Å²) in [6, 6.07) is 3.25. The fourth-order valence-corrected chi connectivity index (χ4v) is 21.2. The van der Waals surface area contributed by atoms with Crippen molar-refractivity contribution < 1.29 is 16.5 Å². The first kappa shape index (κ1) is 28.9. The lowest BCUT2D eigenvalue weighted by Crippen LogP contribution is -2.66. The Morgan fingerprint density at radius 1 is 0.448 bits per heavy atom. The molecule has 0 aromatic rings. The third-order valence-electron chi connectivity index (χ3n) is 4.15. The Hall–Kier alpha value is -0.116. The van der Waals surface area contributed by atoms with E-state index in [9.17, 15) is 0 Å². The molecule has 29 heavy (non-hydrogen) atoms. The highest BCUT2D eigenvalue weighted by Crippen LogP contribution is 2.33. The Balaban J connectivity index is 6.40. The van der Waals surface area contributed by atoms with Gasteiger partial charge in [-0.1, -0.05) is 24.3 Å². The van der Waals surface area contributed by atoms with E-state index in [0.29, 0.717) is 0 Å². The lowest BCUT2D eigenvalue weighted by atomic mass is 10.8. The lowest BCUT2D eigenvalue weighted by molar-refractivity contribution is 0.147. The van der Waals surface area contributed by atoms with Gasteiger partial charge in [-0.25, -0.2) is 0 Å². The van der Waals surface area contributed by atoms with Gasteiger partial charge >= 0.3 is 9.05 Å². The summed E-state index contributed by atoms with van der Waals surface area (Å²) >= 11 is 0. The summed E-state index contributed by atoms with van der Waals surface area (Å²) in [5.41, 5.74) is 0. The van der Waals surface area contributed by atoms with Gasteiger partial charge in [0, 0.05) is 0 Å². The molecule has 0 aromatic heterocycles. The Morgan fingerprint density at radius 3 is 0.759 bits per heavy atom. The van der Waals surface area contributed by atoms with Gasteiger partial charge in [-0.2, -0.15) is 0 Å². The molecule has 0 spiro atoms. The second kappa shape index (κ2) is 11.5. The Morgan fingerprint density at radius 2 is 0.621 bits per heavy atom. The maximum absolute atomic E-state index is 6.85. The van der Waals surface area contributed by atoms with E-state index in [2.05, 4.69) is 78.7 Å². The molecule has 0 atom stereocenters. The van der Waals surface area contributed by atoms with Gasteiger partial charge in [0.2, 0.25) is 0 Å². The van der Waals surface area contributed by atoms with E-state index in [-0.39, 0.29) is 0 Å². The molecule has 0 fully saturated rings. The van der Waals surface area contributed by atoms with Crippen LogP contribution in [-0.2, 0) is 16.5 Å². The second-order valence-corrected chi connectivity index (χ2v) is 29.9. The molecular formula is C20H44O4Si5. The molecule has 0 aromatic carbocycles. The van der Waals surface area contributed by atoms with Gasteiger partial charge in [-0.3, -0.25) is 0 Å². The lowest BCUT2D eigenvalue weighted by Gasteiger charge is -2.45. The summed E-state index contributed by atoms with van der Waals surface area (Å²) in [5.74, 6) is 0. The summed E-state index contributed by atoms with van der Waals surface area (Å²) in [6.07, 6.45) is 7.71. The molecular weight excluding hydrogens is 445 g/mol. The fraction of sp³-hybridized carbons (Fsp3) is 0.600. The zero-order chi connectivity index (χ0) is 23.0. The largest absolute Gasteiger partial charge is 0.637 e. The minimum Gasteiger partial charge on any atom is -0.395 e. The predicted molar refractivity (Wildman–Crippen MR) is 140 cm³/mol. The standard InChI is InChI=1S/C20H44O4Si5/c1-13-17-25(5,6)21-29(22-26(7,8)18-14-2,23-27(9,10)19-15-3)24-28(11,12)20-16-4/h13-16H,1-4,17-20H2,5-12H3. The monoisotopic (exact) mass is 488 g/mol. The highest BCUT2D eigenvalue weighted by Gasteiger charge is 2.57. The van der Waals surface area contributed by atoms with Crippen molar-refractivity contribution in [1.29, 1.82) is 0 Å². The van der Waals surface area contributed by atoms with Gasteiger partial charge in [0.15, 0.2) is 33.3 Å². The van der Waals surface area contributed by atoms with Gasteiger partial charge in [-0.05, 0) is 76.6 Å². The van der Waals surface area contributed by atoms with Crippen molar-refractivity contribution in [1.82, 2.24) is 0 Å². The third-order valence-corrected chi connectivity index (χ3v) is 22.1. The van der Waals surface area contributed by atoms with Crippen molar-refractivity contribution >= 4 is 42.3 Å². The average Bonchev–Trinajstić information content (AvgIpc) is 2.43. The van der Waals surface area contributed by atoms with Crippen LogP contribution in [0.3, 0.4) is 0 Å². The summed E-state index contributed by atoms with van der Waals surface area (Å²) in [4.78, 5) is 0. The van der Waals surface area contributed by atoms with E-state index in [1.54, 1.807) is 0 Å². The average molecular weight is 489 g/mol. The van der Waals surface area contributed by atoms with Crippen LogP contribution in [0.1, 0.15) is 0 Å². The third kappa shape index (κ3) is 11.7. The molecule has 0 aliphatic carbocycles. The topological polar surface area (TPSA) is 36.9 Å². The molecule has 168 valence electrons. The molecule has 0 N–H and O–H groups in total. The zero-order valence-electron chi connectivity index (χ0n) is 20.1. The van der Waals surface area contributed by atoms with Crippen LogP contribution >= 0.6 is 0 Å². The van der Waals surface area contributed by atoms with Crippen molar-refractivity contribution in [3.8, 4) is 0 Å². The van der Waals surface area contributed by atoms with E-state index < -0.39 is 42.3 Å². The molecule has 0 amide bonds. The number of rotatable bonds is 16. The molecule has 0 radical (unpaired) electrons. The minimum absolute atomic E-state index is 0.814. The smallest absolute Gasteiger partial charge is 0.395 e. The van der Waals surface area contributed by atoms with Crippen LogP contribution in [0.2, 0.25) is 76.6 Å². The first-order valence-corrected chi connectivity index (χ1v) is 24.4. The van der Waals surface area contributed by atoms with Crippen LogP contribution in [0.5, 0.6) is 0 Å². The van der Waals surface area contributed by atoms with E-state index in [4.69, 9.17) is 16.5 Å². The number of hydrogen-bond donors (Lipinski definition) is 0. The predicted octanol–water partition coefficient (Wildman–Crippen LogP) is 7.05. The van der Waals surface area contributed by atoms with E-state index in [0.717, 1.165) is 24.2 Å². The van der Waals surface area contributed by atoms with Crippen LogP contribution in [0.15, 0.2) is 50.6 Å². The quantitative estimate of drug-likeness (QED) is 0.172. The van der Waals surface area contributed by atoms with Gasteiger partial charge < -0.3 is 16.5 Å². The Bertz CT molecular complexity index is 472. The molecule has 0 heterocycles. The van der Waals surface area contributed by atoms with Crippen molar-refractivity contribution in [3.05, 3.63) is 50.6 Å². The molecule has 0 aliphatic heterocycles. The first-order valence-electron chi connectivity index (χ1n) is 10.3. The van der Waals surface area contributed by atoms with Crippen molar-refractivity contribution in [2.45, 2.75) is 76.6 Å². The van der Waals surface area contributed by atoms with Crippen LogP contribution in [0, 0.1) is 0 Å². The summed E-state index contributed by atoms with van der Waals surface area (Å²) in [7, 11) is -12.0. The van der Waals surface area contributed by atoms with Gasteiger partial charge in [0.25, 0.3) is 0 Å². The molecule has 0 rings (SSSR count). The molecule has 9 heteroatoms. The van der Waals surface area contributed by atoms with Crippen LogP contribution in [-0.4, -0.2) is 42.3 Å². The van der Waals surface area contributed by atoms with Crippen LogP contribution < -0.4 is 0 Å². The zero-order valence-corrected chi connectivity index (χ0v) is 25.1. The molecule has 0 aliphatic rings. The second-order valence-electron chi connectivity index (χ2n) is 9.92. The maximum atomic E-state index is 6.85. The van der Waals surface area contributed by atoms with Crippen LogP contribution in [0.25, 0.3) is 0 Å². The summed E-state index contributed by atoms with van der Waals surface area (Å²) < 4.78 is 27.4. The molecule has 0 bridgehead atoms. The highest BCUT2D eigenvalue weighted by atomic mass is 28.5. The number of allylic oxidation sites excluding steroid dienone is 4. The summed E-state index contributed by atoms with van der Waals surface area (Å²) in [5, 5.41) is 0. The van der Waals surface area contributed by atoms with Gasteiger partial charge in [-0.15, -0.1) is 26.3 Å². The molecule has 0 saturated heterocycles. The van der Waals surface area contributed by atoms with Crippen LogP contribution in [0.4, 0.5) is 0 Å². The molecule has 0 unspecified atom stereocenters. The van der Waals surface area contributed by atoms with Crippen molar-refractivity contribution in [3.63, 3.8) is 0 Å². The van der Waals surface area contributed by atoms with Gasteiger partial charge in [0.1, 0.15) is 0 Å². The SMILES string of the molecule is C=CC[Si](C)(C)O[Si](O[Si](C)(C)CC=C)(O[Si](C)(C)CC=C)O[Si](C)(C)CC=C. The van der Waals surface area contributed by atoms with E-state index >= 15 is 0 Å². The van der Waals surface area contributed by atoms with Crippen molar-refractivity contribution in [2.75, 3.05) is 0 Å². The fourth-order valence-electron chi connectivity index (χ4n) is 3.04. The maximum Gasteiger partial charge on any atom is 0.637 e.